The van der Waals surface area contributed by atoms with Crippen LogP contribution in [0.5, 0.6) is 0 Å². The maximum atomic E-state index is 3.91. The molecule has 0 amide bonds. The molecule has 0 atom stereocenters. The van der Waals surface area contributed by atoms with Gasteiger partial charge in [0.2, 0.25) is 0 Å². The predicted octanol–water partition coefficient (Wildman–Crippen LogP) is 1.74. The fourth-order valence-corrected chi connectivity index (χ4v) is 0.979. The highest BCUT2D eigenvalue weighted by molar-refractivity contribution is 5.85. The molecule has 1 fully saturated rings. The van der Waals surface area contributed by atoms with Crippen molar-refractivity contribution in [3.8, 4) is 0 Å². The van der Waals surface area contributed by atoms with Crippen molar-refractivity contribution in [2.24, 2.45) is 0 Å². The lowest BCUT2D eigenvalue weighted by molar-refractivity contribution is 0.710. The molecule has 2 heteroatoms. The van der Waals surface area contributed by atoms with Crippen molar-refractivity contribution >= 4 is 12.4 Å². The summed E-state index contributed by atoms with van der Waals surface area (Å²) in [5.41, 5.74) is 1.36. The Hall–Kier alpha value is -0.0100. The molecule has 0 radical (unpaired) electrons. The van der Waals surface area contributed by atoms with Crippen molar-refractivity contribution in [2.45, 2.75) is 19.3 Å². The van der Waals surface area contributed by atoms with Crippen LogP contribution in [-0.2, 0) is 0 Å². The van der Waals surface area contributed by atoms with Gasteiger partial charge in [-0.1, -0.05) is 12.2 Å². The molecule has 0 aromatic carbocycles. The van der Waals surface area contributed by atoms with Crippen LogP contribution >= 0.6 is 12.4 Å². The largest absolute Gasteiger partial charge is 0.313 e. The monoisotopic (exact) mass is 147 g/mol. The van der Waals surface area contributed by atoms with Crippen LogP contribution < -0.4 is 5.32 Å². The summed E-state index contributed by atoms with van der Waals surface area (Å²) in [5, 5.41) is 3.30. The quantitative estimate of drug-likeness (QED) is 0.515. The minimum atomic E-state index is 0. The fraction of sp³-hybridized carbons (Fsp3) is 0.714. The van der Waals surface area contributed by atoms with Gasteiger partial charge in [-0.3, -0.25) is 0 Å². The average Bonchev–Trinajstić information content (AvgIpc) is 1.94. The molecule has 0 aromatic rings. The molecule has 1 aliphatic rings. The van der Waals surface area contributed by atoms with Crippen molar-refractivity contribution in [3.63, 3.8) is 0 Å². The molecular formula is C7H14ClN. The molecule has 0 aliphatic carbocycles. The molecule has 0 saturated carbocycles. The van der Waals surface area contributed by atoms with Crippen LogP contribution in [0.4, 0.5) is 0 Å². The van der Waals surface area contributed by atoms with Gasteiger partial charge in [-0.2, -0.15) is 0 Å². The molecule has 54 valence electrons. The van der Waals surface area contributed by atoms with Crippen LogP contribution in [0.2, 0.25) is 0 Å². The van der Waals surface area contributed by atoms with Gasteiger partial charge in [0.25, 0.3) is 0 Å². The molecule has 1 saturated heterocycles. The van der Waals surface area contributed by atoms with Gasteiger partial charge in [0, 0.05) is 6.54 Å². The predicted molar refractivity (Wildman–Crippen MR) is 43.1 cm³/mol. The lowest BCUT2D eigenvalue weighted by Crippen LogP contribution is -2.14. The highest BCUT2D eigenvalue weighted by Gasteiger charge is 1.98. The topological polar surface area (TPSA) is 12.0 Å². The minimum absolute atomic E-state index is 0. The van der Waals surface area contributed by atoms with E-state index in [0.29, 0.717) is 0 Å². The van der Waals surface area contributed by atoms with Crippen LogP contribution in [0.1, 0.15) is 19.3 Å². The molecule has 0 bridgehead atoms. The Morgan fingerprint density at radius 2 is 2.11 bits per heavy atom. The minimum Gasteiger partial charge on any atom is -0.313 e. The van der Waals surface area contributed by atoms with Gasteiger partial charge in [0.05, 0.1) is 0 Å². The van der Waals surface area contributed by atoms with E-state index in [4.69, 9.17) is 0 Å². The zero-order chi connectivity index (χ0) is 5.82. The Balaban J connectivity index is 0.000000640. The Labute approximate surface area is 62.9 Å². The van der Waals surface area contributed by atoms with Crippen molar-refractivity contribution in [1.29, 1.82) is 0 Å². The standard InChI is InChI=1S/C7H13N.ClH/c1-7-4-2-3-5-8-6-7;/h8H,1-6H2;1H. The summed E-state index contributed by atoms with van der Waals surface area (Å²) in [5.74, 6) is 0. The first-order valence-electron chi connectivity index (χ1n) is 3.27. The number of hydrogen-bond donors (Lipinski definition) is 1. The first-order valence-corrected chi connectivity index (χ1v) is 3.27. The van der Waals surface area contributed by atoms with Crippen molar-refractivity contribution in [3.05, 3.63) is 12.2 Å². The number of rotatable bonds is 0. The van der Waals surface area contributed by atoms with E-state index in [-0.39, 0.29) is 12.4 Å². The lowest BCUT2D eigenvalue weighted by Gasteiger charge is -1.96. The average molecular weight is 148 g/mol. The van der Waals surface area contributed by atoms with Gasteiger partial charge < -0.3 is 5.32 Å². The fourth-order valence-electron chi connectivity index (χ4n) is 0.979. The van der Waals surface area contributed by atoms with E-state index in [1.54, 1.807) is 0 Å². The van der Waals surface area contributed by atoms with E-state index < -0.39 is 0 Å². The van der Waals surface area contributed by atoms with E-state index in [1.807, 2.05) is 0 Å². The molecule has 1 aliphatic heterocycles. The Bertz CT molecular complexity index is 80.9. The molecule has 1 heterocycles. The molecule has 1 N–H and O–H groups in total. The van der Waals surface area contributed by atoms with Crippen LogP contribution in [0.25, 0.3) is 0 Å². The SMILES string of the molecule is C=C1CCCCNC1.Cl. The Kier molecular flexibility index (Phi) is 4.83. The van der Waals surface area contributed by atoms with Gasteiger partial charge in [0.15, 0.2) is 0 Å². The zero-order valence-electron chi connectivity index (χ0n) is 5.65. The third-order valence-electron chi connectivity index (χ3n) is 1.51. The maximum Gasteiger partial charge on any atom is 0.0161 e. The summed E-state index contributed by atoms with van der Waals surface area (Å²) in [6, 6.07) is 0. The first kappa shape index (κ1) is 8.99. The normalized spacial score (nSPS) is 20.2. The Morgan fingerprint density at radius 1 is 1.33 bits per heavy atom. The molecule has 1 nitrogen and oxygen atoms in total. The molecule has 9 heavy (non-hydrogen) atoms. The van der Waals surface area contributed by atoms with E-state index in [1.165, 1.54) is 31.4 Å². The Morgan fingerprint density at radius 3 is 2.89 bits per heavy atom. The van der Waals surface area contributed by atoms with E-state index >= 15 is 0 Å². The second-order valence-electron chi connectivity index (χ2n) is 2.38. The second kappa shape index (κ2) is 4.83. The molecule has 0 spiro atoms. The molecule has 1 rings (SSSR count). The summed E-state index contributed by atoms with van der Waals surface area (Å²) in [6.45, 7) is 6.13. The second-order valence-corrected chi connectivity index (χ2v) is 2.38. The van der Waals surface area contributed by atoms with E-state index in [2.05, 4.69) is 11.9 Å². The smallest absolute Gasteiger partial charge is 0.0161 e. The zero-order valence-corrected chi connectivity index (χ0v) is 6.47. The summed E-state index contributed by atoms with van der Waals surface area (Å²) < 4.78 is 0. The van der Waals surface area contributed by atoms with Crippen LogP contribution in [0, 0.1) is 0 Å². The van der Waals surface area contributed by atoms with Crippen molar-refractivity contribution in [2.75, 3.05) is 13.1 Å². The first-order chi connectivity index (χ1) is 3.89. The van der Waals surface area contributed by atoms with Crippen LogP contribution in [-0.4, -0.2) is 13.1 Å². The van der Waals surface area contributed by atoms with E-state index in [0.717, 1.165) is 6.54 Å². The van der Waals surface area contributed by atoms with Gasteiger partial charge >= 0.3 is 0 Å². The van der Waals surface area contributed by atoms with Gasteiger partial charge in [0.1, 0.15) is 0 Å². The molecular weight excluding hydrogens is 134 g/mol. The number of nitrogens with one attached hydrogen (secondary N) is 1. The van der Waals surface area contributed by atoms with Crippen molar-refractivity contribution in [1.82, 2.24) is 5.32 Å². The van der Waals surface area contributed by atoms with Gasteiger partial charge in [-0.05, 0) is 25.8 Å². The van der Waals surface area contributed by atoms with Gasteiger partial charge in [-0.15, -0.1) is 12.4 Å². The third kappa shape index (κ3) is 3.55. The summed E-state index contributed by atoms with van der Waals surface area (Å²) >= 11 is 0. The molecule has 0 unspecified atom stereocenters. The maximum absolute atomic E-state index is 3.91. The summed E-state index contributed by atoms with van der Waals surface area (Å²) in [4.78, 5) is 0. The third-order valence-corrected chi connectivity index (χ3v) is 1.51. The lowest BCUT2D eigenvalue weighted by atomic mass is 10.2. The van der Waals surface area contributed by atoms with Crippen LogP contribution in [0.15, 0.2) is 12.2 Å². The summed E-state index contributed by atoms with van der Waals surface area (Å²) in [7, 11) is 0. The van der Waals surface area contributed by atoms with E-state index in [9.17, 15) is 0 Å². The highest BCUT2D eigenvalue weighted by Crippen LogP contribution is 2.06. The van der Waals surface area contributed by atoms with Crippen molar-refractivity contribution < 1.29 is 0 Å². The highest BCUT2D eigenvalue weighted by atomic mass is 35.5. The number of hydrogen-bond acceptors (Lipinski definition) is 1. The molecule has 0 aromatic heterocycles. The number of halogens is 1. The summed E-state index contributed by atoms with van der Waals surface area (Å²) in [6.07, 6.45) is 3.87. The van der Waals surface area contributed by atoms with Gasteiger partial charge in [-0.25, -0.2) is 0 Å². The van der Waals surface area contributed by atoms with Crippen LogP contribution in [0.3, 0.4) is 0 Å².